The van der Waals surface area contributed by atoms with Crippen molar-refractivity contribution in [3.05, 3.63) is 11.2 Å². The van der Waals surface area contributed by atoms with E-state index >= 15 is 0 Å². The number of halogens is 1. The normalized spacial score (nSPS) is 14.9. The van der Waals surface area contributed by atoms with Gasteiger partial charge in [-0.1, -0.05) is 25.4 Å². The minimum atomic E-state index is 0.407. The molecule has 0 atom stereocenters. The highest BCUT2D eigenvalue weighted by molar-refractivity contribution is 6.32. The van der Waals surface area contributed by atoms with Crippen molar-refractivity contribution in [2.24, 2.45) is 11.8 Å². The topological polar surface area (TPSA) is 67.1 Å². The molecule has 3 N–H and O–H groups in total. The van der Waals surface area contributed by atoms with Gasteiger partial charge in [0.1, 0.15) is 5.02 Å². The second kappa shape index (κ2) is 5.71. The van der Waals surface area contributed by atoms with Crippen LogP contribution in [0.5, 0.6) is 0 Å². The zero-order valence-electron chi connectivity index (χ0n) is 10.9. The fourth-order valence-electron chi connectivity index (χ4n) is 1.87. The maximum atomic E-state index is 6.20. The van der Waals surface area contributed by atoms with E-state index in [0.717, 1.165) is 18.8 Å². The number of nitrogen functional groups attached to an aromatic ring is 1. The first kappa shape index (κ1) is 13.4. The molecule has 1 aromatic heterocycles. The van der Waals surface area contributed by atoms with Crippen molar-refractivity contribution in [3.63, 3.8) is 0 Å². The molecule has 1 fully saturated rings. The van der Waals surface area contributed by atoms with Crippen LogP contribution in [-0.2, 0) is 0 Å². The minimum absolute atomic E-state index is 0.407. The van der Waals surface area contributed by atoms with Crippen LogP contribution in [0.3, 0.4) is 0 Å². The summed E-state index contributed by atoms with van der Waals surface area (Å²) in [4.78, 5) is 10.7. The molecular formula is C12H20ClN5. The molecule has 5 nitrogen and oxygen atoms in total. The van der Waals surface area contributed by atoms with Gasteiger partial charge in [0.15, 0.2) is 5.82 Å². The van der Waals surface area contributed by atoms with Crippen LogP contribution in [0.15, 0.2) is 6.20 Å². The highest BCUT2D eigenvalue weighted by atomic mass is 35.5. The average Bonchev–Trinajstić information content (AvgIpc) is 3.15. The van der Waals surface area contributed by atoms with Crippen LogP contribution < -0.4 is 16.2 Å². The zero-order chi connectivity index (χ0) is 13.1. The predicted molar refractivity (Wildman–Crippen MR) is 74.7 cm³/mol. The number of anilines is 2. The average molecular weight is 270 g/mol. The van der Waals surface area contributed by atoms with Crippen LogP contribution in [0.2, 0.25) is 5.02 Å². The van der Waals surface area contributed by atoms with Gasteiger partial charge in [0, 0.05) is 12.6 Å². The maximum absolute atomic E-state index is 6.20. The van der Waals surface area contributed by atoms with Crippen LogP contribution in [0.1, 0.15) is 33.1 Å². The molecule has 0 bridgehead atoms. The molecule has 1 saturated carbocycles. The van der Waals surface area contributed by atoms with Gasteiger partial charge in [-0.3, -0.25) is 5.43 Å². The van der Waals surface area contributed by atoms with E-state index in [2.05, 4.69) is 34.1 Å². The summed E-state index contributed by atoms with van der Waals surface area (Å²) in [5.41, 5.74) is 2.47. The Hall–Kier alpha value is -1.07. The molecule has 0 saturated heterocycles. The second-order valence-electron chi connectivity index (χ2n) is 5.12. The third kappa shape index (κ3) is 3.23. The van der Waals surface area contributed by atoms with E-state index in [1.807, 2.05) is 0 Å². The molecule has 1 aromatic rings. The Kier molecular flexibility index (Phi) is 4.24. The van der Waals surface area contributed by atoms with Crippen molar-refractivity contribution >= 4 is 23.4 Å². The summed E-state index contributed by atoms with van der Waals surface area (Å²) in [6, 6.07) is 0.571. The zero-order valence-corrected chi connectivity index (χ0v) is 11.6. The molecule has 0 aliphatic heterocycles. The van der Waals surface area contributed by atoms with Gasteiger partial charge in [-0.25, -0.2) is 10.8 Å². The summed E-state index contributed by atoms with van der Waals surface area (Å²) in [5, 5.41) is 0.588. The molecule has 100 valence electrons. The Labute approximate surface area is 113 Å². The number of hydrazine groups is 1. The van der Waals surface area contributed by atoms with E-state index in [4.69, 9.17) is 17.4 Å². The fourth-order valence-corrected chi connectivity index (χ4v) is 2.07. The quantitative estimate of drug-likeness (QED) is 0.613. The van der Waals surface area contributed by atoms with Crippen LogP contribution in [-0.4, -0.2) is 22.6 Å². The molecule has 18 heavy (non-hydrogen) atoms. The Balaban J connectivity index is 2.18. The standard InChI is InChI=1S/C12H20ClN5/c1-8(2)5-6-18(9-3-4-9)11-10(13)7-15-12(16-11)17-14/h7-9H,3-6,14H2,1-2H3,(H,15,16,17). The lowest BCUT2D eigenvalue weighted by molar-refractivity contribution is 0.568. The number of hydrogen-bond donors (Lipinski definition) is 2. The van der Waals surface area contributed by atoms with E-state index in [1.54, 1.807) is 6.20 Å². The molecular weight excluding hydrogens is 250 g/mol. The smallest absolute Gasteiger partial charge is 0.239 e. The van der Waals surface area contributed by atoms with Crippen molar-refractivity contribution in [1.29, 1.82) is 0 Å². The van der Waals surface area contributed by atoms with Gasteiger partial charge >= 0.3 is 0 Å². The molecule has 1 heterocycles. The summed E-state index contributed by atoms with van der Waals surface area (Å²) in [7, 11) is 0. The lowest BCUT2D eigenvalue weighted by atomic mass is 10.1. The third-order valence-corrected chi connectivity index (χ3v) is 3.33. The van der Waals surface area contributed by atoms with Gasteiger partial charge < -0.3 is 4.90 Å². The summed E-state index contributed by atoms with van der Waals surface area (Å²) >= 11 is 6.20. The molecule has 6 heteroatoms. The molecule has 1 aliphatic carbocycles. The number of nitrogens with zero attached hydrogens (tertiary/aromatic N) is 3. The lowest BCUT2D eigenvalue weighted by Gasteiger charge is -2.25. The summed E-state index contributed by atoms with van der Waals surface area (Å²) in [5.74, 6) is 7.21. The van der Waals surface area contributed by atoms with Crippen molar-refractivity contribution in [2.45, 2.75) is 39.2 Å². The van der Waals surface area contributed by atoms with Crippen molar-refractivity contribution < 1.29 is 0 Å². The van der Waals surface area contributed by atoms with Crippen LogP contribution >= 0.6 is 11.6 Å². The van der Waals surface area contributed by atoms with Crippen molar-refractivity contribution in [3.8, 4) is 0 Å². The molecule has 1 aliphatic rings. The predicted octanol–water partition coefficient (Wildman–Crippen LogP) is 2.43. The van der Waals surface area contributed by atoms with Crippen LogP contribution in [0.25, 0.3) is 0 Å². The van der Waals surface area contributed by atoms with Crippen molar-refractivity contribution in [2.75, 3.05) is 16.9 Å². The number of nitrogens with one attached hydrogen (secondary N) is 1. The van der Waals surface area contributed by atoms with E-state index in [0.29, 0.717) is 22.9 Å². The van der Waals surface area contributed by atoms with Gasteiger partial charge in [-0.05, 0) is 25.2 Å². The minimum Gasteiger partial charge on any atom is -0.352 e. The van der Waals surface area contributed by atoms with Gasteiger partial charge in [-0.2, -0.15) is 4.98 Å². The summed E-state index contributed by atoms with van der Waals surface area (Å²) < 4.78 is 0. The Morgan fingerprint density at radius 1 is 1.56 bits per heavy atom. The maximum Gasteiger partial charge on any atom is 0.239 e. The molecule has 0 amide bonds. The first-order valence-electron chi connectivity index (χ1n) is 6.37. The van der Waals surface area contributed by atoms with E-state index < -0.39 is 0 Å². The monoisotopic (exact) mass is 269 g/mol. The molecule has 0 spiro atoms. The Morgan fingerprint density at radius 2 is 2.28 bits per heavy atom. The fraction of sp³-hybridized carbons (Fsp3) is 0.667. The van der Waals surface area contributed by atoms with E-state index in [9.17, 15) is 0 Å². The van der Waals surface area contributed by atoms with E-state index in [-0.39, 0.29) is 0 Å². The van der Waals surface area contributed by atoms with Gasteiger partial charge in [0.05, 0.1) is 6.20 Å². The third-order valence-electron chi connectivity index (χ3n) is 3.06. The SMILES string of the molecule is CC(C)CCN(c1nc(NN)ncc1Cl)C1CC1. The number of aromatic nitrogens is 2. The largest absolute Gasteiger partial charge is 0.352 e. The molecule has 0 radical (unpaired) electrons. The Morgan fingerprint density at radius 3 is 2.83 bits per heavy atom. The van der Waals surface area contributed by atoms with Gasteiger partial charge in [0.25, 0.3) is 0 Å². The second-order valence-corrected chi connectivity index (χ2v) is 5.52. The highest BCUT2D eigenvalue weighted by Crippen LogP contribution is 2.34. The number of rotatable bonds is 6. The van der Waals surface area contributed by atoms with Crippen molar-refractivity contribution in [1.82, 2.24) is 9.97 Å². The molecule has 0 unspecified atom stereocenters. The summed E-state index contributed by atoms with van der Waals surface area (Å²) in [6.45, 7) is 5.42. The van der Waals surface area contributed by atoms with Crippen LogP contribution in [0, 0.1) is 5.92 Å². The molecule has 0 aromatic carbocycles. The summed E-state index contributed by atoms with van der Waals surface area (Å²) in [6.07, 6.45) is 5.15. The Bertz CT molecular complexity index is 405. The van der Waals surface area contributed by atoms with Crippen LogP contribution in [0.4, 0.5) is 11.8 Å². The highest BCUT2D eigenvalue weighted by Gasteiger charge is 2.31. The molecule has 2 rings (SSSR count). The first-order chi connectivity index (χ1) is 8.61. The first-order valence-corrected chi connectivity index (χ1v) is 6.75. The van der Waals surface area contributed by atoms with E-state index in [1.165, 1.54) is 12.8 Å². The van der Waals surface area contributed by atoms with Gasteiger partial charge in [-0.15, -0.1) is 0 Å². The van der Waals surface area contributed by atoms with Gasteiger partial charge in [0.2, 0.25) is 5.95 Å². The number of nitrogens with two attached hydrogens (primary N) is 1. The number of hydrogen-bond acceptors (Lipinski definition) is 5. The lowest BCUT2D eigenvalue weighted by Crippen LogP contribution is -2.29.